The fourth-order valence-corrected chi connectivity index (χ4v) is 3.88. The molecule has 0 aliphatic heterocycles. The first-order valence-electron chi connectivity index (χ1n) is 8.44. The molecule has 1 N–H and O–H groups in total. The predicted molar refractivity (Wildman–Crippen MR) is 103 cm³/mol. The van der Waals surface area contributed by atoms with E-state index in [2.05, 4.69) is 5.32 Å². The first kappa shape index (κ1) is 17.4. The minimum Gasteiger partial charge on any atom is -0.347 e. The molecule has 6 heteroatoms. The third-order valence-corrected chi connectivity index (χ3v) is 5.24. The number of thiophene rings is 1. The van der Waals surface area contributed by atoms with Crippen molar-refractivity contribution in [3.8, 4) is 0 Å². The summed E-state index contributed by atoms with van der Waals surface area (Å²) in [5.41, 5.74) is 2.58. The summed E-state index contributed by atoms with van der Waals surface area (Å²) >= 11 is 1.54. The molecule has 0 unspecified atom stereocenters. The lowest BCUT2D eigenvalue weighted by molar-refractivity contribution is 0.0942. The molecule has 0 bridgehead atoms. The topological polar surface area (TPSA) is 34.0 Å². The van der Waals surface area contributed by atoms with Crippen LogP contribution in [-0.2, 0) is 13.1 Å². The molecule has 2 aromatic heterocycles. The maximum absolute atomic E-state index is 13.8. The van der Waals surface area contributed by atoms with Crippen molar-refractivity contribution in [2.24, 2.45) is 0 Å². The standard InChI is InChI=1S/C21H16F2N2OS/c22-16-6-3-4-14(10-16)13-25-18-8-9-27-20(18)11-19(25)21(26)24-12-15-5-1-2-7-17(15)23/h1-11H,12-13H2,(H,24,26). The van der Waals surface area contributed by atoms with E-state index in [0.717, 1.165) is 15.8 Å². The fraction of sp³-hybridized carbons (Fsp3) is 0.0952. The van der Waals surface area contributed by atoms with E-state index in [1.807, 2.05) is 28.1 Å². The Morgan fingerprint density at radius 2 is 1.89 bits per heavy atom. The van der Waals surface area contributed by atoms with Crippen LogP contribution in [-0.4, -0.2) is 10.5 Å². The summed E-state index contributed by atoms with van der Waals surface area (Å²) in [6.45, 7) is 0.477. The first-order valence-corrected chi connectivity index (χ1v) is 9.32. The van der Waals surface area contributed by atoms with Crippen molar-refractivity contribution in [1.82, 2.24) is 9.88 Å². The van der Waals surface area contributed by atoms with Gasteiger partial charge in [0.1, 0.15) is 17.3 Å². The Kier molecular flexibility index (Phi) is 4.73. The van der Waals surface area contributed by atoms with Crippen molar-refractivity contribution in [2.45, 2.75) is 13.1 Å². The zero-order chi connectivity index (χ0) is 18.8. The van der Waals surface area contributed by atoms with Gasteiger partial charge in [0.2, 0.25) is 0 Å². The summed E-state index contributed by atoms with van der Waals surface area (Å²) in [6.07, 6.45) is 0. The normalized spacial score (nSPS) is 11.0. The average molecular weight is 382 g/mol. The highest BCUT2D eigenvalue weighted by Gasteiger charge is 2.17. The maximum atomic E-state index is 13.8. The molecule has 0 radical (unpaired) electrons. The summed E-state index contributed by atoms with van der Waals surface area (Å²) in [4.78, 5) is 12.8. The van der Waals surface area contributed by atoms with Crippen molar-refractivity contribution >= 4 is 27.5 Å². The minimum atomic E-state index is -0.353. The first-order chi connectivity index (χ1) is 13.1. The predicted octanol–water partition coefficient (Wildman–Crippen LogP) is 4.96. The number of nitrogens with one attached hydrogen (secondary N) is 1. The van der Waals surface area contributed by atoms with Crippen LogP contribution in [0.15, 0.2) is 66.0 Å². The Balaban J connectivity index is 1.62. The van der Waals surface area contributed by atoms with Gasteiger partial charge in [-0.25, -0.2) is 8.78 Å². The second-order valence-electron chi connectivity index (χ2n) is 6.19. The van der Waals surface area contributed by atoms with Crippen LogP contribution in [0.4, 0.5) is 8.78 Å². The third-order valence-electron chi connectivity index (χ3n) is 4.38. The molecule has 0 saturated heterocycles. The van der Waals surface area contributed by atoms with Gasteiger partial charge in [-0.2, -0.15) is 0 Å². The van der Waals surface area contributed by atoms with Crippen LogP contribution in [0.25, 0.3) is 10.2 Å². The second-order valence-corrected chi connectivity index (χ2v) is 7.14. The van der Waals surface area contributed by atoms with E-state index in [9.17, 15) is 13.6 Å². The van der Waals surface area contributed by atoms with E-state index in [4.69, 9.17) is 0 Å². The Morgan fingerprint density at radius 3 is 2.70 bits per heavy atom. The number of aromatic nitrogens is 1. The number of benzene rings is 2. The van der Waals surface area contributed by atoms with Gasteiger partial charge in [0.15, 0.2) is 0 Å². The Bertz CT molecular complexity index is 1120. The van der Waals surface area contributed by atoms with Gasteiger partial charge in [0.05, 0.1) is 10.2 Å². The van der Waals surface area contributed by atoms with Crippen LogP contribution in [0.1, 0.15) is 21.6 Å². The highest BCUT2D eigenvalue weighted by atomic mass is 32.1. The van der Waals surface area contributed by atoms with Crippen LogP contribution in [0.3, 0.4) is 0 Å². The largest absolute Gasteiger partial charge is 0.347 e. The molecule has 0 saturated carbocycles. The molecule has 27 heavy (non-hydrogen) atoms. The lowest BCUT2D eigenvalue weighted by Crippen LogP contribution is -2.26. The smallest absolute Gasteiger partial charge is 0.268 e. The molecule has 4 aromatic rings. The molecule has 0 fully saturated rings. The molecule has 4 rings (SSSR count). The number of carbonyl (C=O) groups is 1. The van der Waals surface area contributed by atoms with Crippen LogP contribution in [0, 0.1) is 11.6 Å². The maximum Gasteiger partial charge on any atom is 0.268 e. The Morgan fingerprint density at radius 1 is 1.04 bits per heavy atom. The molecular formula is C21H16F2N2OS. The summed E-state index contributed by atoms with van der Waals surface area (Å²) in [5, 5.41) is 4.73. The van der Waals surface area contributed by atoms with Crippen molar-refractivity contribution in [3.63, 3.8) is 0 Å². The van der Waals surface area contributed by atoms with Gasteiger partial charge in [-0.3, -0.25) is 4.79 Å². The number of nitrogens with zero attached hydrogens (tertiary/aromatic N) is 1. The van der Waals surface area contributed by atoms with E-state index in [1.165, 1.54) is 29.5 Å². The number of hydrogen-bond donors (Lipinski definition) is 1. The van der Waals surface area contributed by atoms with Gasteiger partial charge in [0, 0.05) is 18.7 Å². The number of carbonyl (C=O) groups excluding carboxylic acids is 1. The van der Waals surface area contributed by atoms with Crippen molar-refractivity contribution in [2.75, 3.05) is 0 Å². The molecule has 1 amide bonds. The number of amides is 1. The zero-order valence-electron chi connectivity index (χ0n) is 14.3. The molecule has 0 aliphatic rings. The van der Waals surface area contributed by atoms with Crippen LogP contribution >= 0.6 is 11.3 Å². The van der Waals surface area contributed by atoms with Gasteiger partial charge in [-0.1, -0.05) is 30.3 Å². The lowest BCUT2D eigenvalue weighted by atomic mass is 10.2. The molecule has 0 spiro atoms. The molecule has 3 nitrogen and oxygen atoms in total. The lowest BCUT2D eigenvalue weighted by Gasteiger charge is -2.11. The number of rotatable bonds is 5. The molecular weight excluding hydrogens is 366 g/mol. The number of halogens is 2. The average Bonchev–Trinajstić information content (AvgIpc) is 3.24. The van der Waals surface area contributed by atoms with Gasteiger partial charge in [-0.05, 0) is 41.3 Å². The molecule has 0 atom stereocenters. The molecule has 136 valence electrons. The van der Waals surface area contributed by atoms with E-state index >= 15 is 0 Å². The summed E-state index contributed by atoms with van der Waals surface area (Å²) < 4.78 is 30.1. The van der Waals surface area contributed by atoms with E-state index in [-0.39, 0.29) is 24.1 Å². The fourth-order valence-electron chi connectivity index (χ4n) is 3.06. The zero-order valence-corrected chi connectivity index (χ0v) is 15.1. The SMILES string of the molecule is O=C(NCc1ccccc1F)c1cc2sccc2n1Cc1cccc(F)c1. The highest BCUT2D eigenvalue weighted by molar-refractivity contribution is 7.17. The summed E-state index contributed by atoms with van der Waals surface area (Å²) in [5.74, 6) is -0.959. The van der Waals surface area contributed by atoms with Crippen molar-refractivity contribution < 1.29 is 13.6 Å². The van der Waals surface area contributed by atoms with Crippen LogP contribution in [0.2, 0.25) is 0 Å². The van der Waals surface area contributed by atoms with Gasteiger partial charge in [-0.15, -0.1) is 11.3 Å². The highest BCUT2D eigenvalue weighted by Crippen LogP contribution is 2.26. The number of hydrogen-bond acceptors (Lipinski definition) is 2. The Hall–Kier alpha value is -2.99. The molecule has 2 heterocycles. The Labute approximate surface area is 158 Å². The van der Waals surface area contributed by atoms with Crippen LogP contribution < -0.4 is 5.32 Å². The third kappa shape index (κ3) is 3.61. The summed E-state index contributed by atoms with van der Waals surface area (Å²) in [7, 11) is 0. The van der Waals surface area contributed by atoms with E-state index in [0.29, 0.717) is 17.8 Å². The minimum absolute atomic E-state index is 0.101. The van der Waals surface area contributed by atoms with E-state index < -0.39 is 0 Å². The molecule has 2 aromatic carbocycles. The molecule has 0 aliphatic carbocycles. The van der Waals surface area contributed by atoms with Gasteiger partial charge < -0.3 is 9.88 Å². The van der Waals surface area contributed by atoms with Crippen molar-refractivity contribution in [1.29, 1.82) is 0 Å². The van der Waals surface area contributed by atoms with E-state index in [1.54, 1.807) is 24.3 Å². The van der Waals surface area contributed by atoms with Gasteiger partial charge in [0.25, 0.3) is 5.91 Å². The van der Waals surface area contributed by atoms with Crippen LogP contribution in [0.5, 0.6) is 0 Å². The van der Waals surface area contributed by atoms with Crippen molar-refractivity contribution in [3.05, 3.63) is 94.5 Å². The summed E-state index contributed by atoms with van der Waals surface area (Å²) in [6, 6.07) is 16.4. The number of fused-ring (bicyclic) bond motifs is 1. The quantitative estimate of drug-likeness (QED) is 0.520. The monoisotopic (exact) mass is 382 g/mol. The second kappa shape index (κ2) is 7.32. The van der Waals surface area contributed by atoms with Gasteiger partial charge >= 0.3 is 0 Å².